The van der Waals surface area contributed by atoms with Crippen molar-refractivity contribution in [2.75, 3.05) is 0 Å². The summed E-state index contributed by atoms with van der Waals surface area (Å²) in [6, 6.07) is 0. The first-order valence-corrected chi connectivity index (χ1v) is 5.63. The Bertz CT molecular complexity index is 386. The predicted molar refractivity (Wildman–Crippen MR) is 55.8 cm³/mol. The van der Waals surface area contributed by atoms with Crippen molar-refractivity contribution in [3.05, 3.63) is 0 Å². The van der Waals surface area contributed by atoms with E-state index in [1.807, 2.05) is 13.8 Å². The van der Waals surface area contributed by atoms with Crippen molar-refractivity contribution in [3.8, 4) is 0 Å². The molecule has 0 aromatic carbocycles. The van der Waals surface area contributed by atoms with E-state index in [9.17, 15) is 14.4 Å². The Morgan fingerprint density at radius 1 is 1.44 bits per heavy atom. The van der Waals surface area contributed by atoms with E-state index in [0.29, 0.717) is 6.42 Å². The van der Waals surface area contributed by atoms with Gasteiger partial charge in [-0.25, -0.2) is 0 Å². The molecular weight excluding hydrogens is 208 g/mol. The number of Topliss-reactive ketones (excluding diaryl/α,β-unsaturated/α-hetero) is 2. The zero-order valence-electron chi connectivity index (χ0n) is 9.58. The lowest BCUT2D eigenvalue weighted by Crippen LogP contribution is -2.35. The van der Waals surface area contributed by atoms with E-state index < -0.39 is 16.8 Å². The Balaban J connectivity index is 2.31. The van der Waals surface area contributed by atoms with Crippen LogP contribution in [0.15, 0.2) is 0 Å². The summed E-state index contributed by atoms with van der Waals surface area (Å²) in [6.07, 6.45) is 1.90. The molecule has 0 aromatic rings. The van der Waals surface area contributed by atoms with Crippen LogP contribution < -0.4 is 0 Å². The molecule has 0 spiro atoms. The van der Waals surface area contributed by atoms with Gasteiger partial charge >= 0.3 is 5.97 Å². The van der Waals surface area contributed by atoms with Crippen LogP contribution in [0.5, 0.6) is 0 Å². The van der Waals surface area contributed by atoms with Gasteiger partial charge in [0.2, 0.25) is 11.6 Å². The lowest BCUT2D eigenvalue weighted by atomic mass is 9.66. The van der Waals surface area contributed by atoms with E-state index in [-0.39, 0.29) is 23.9 Å². The summed E-state index contributed by atoms with van der Waals surface area (Å²) < 4.78 is 0. The number of hydrogen-bond acceptors (Lipinski definition) is 3. The number of carboxylic acids is 1. The van der Waals surface area contributed by atoms with Gasteiger partial charge in [0.05, 0.1) is 0 Å². The molecule has 2 bridgehead atoms. The molecule has 2 saturated carbocycles. The van der Waals surface area contributed by atoms with Crippen LogP contribution in [0.1, 0.15) is 39.5 Å². The maximum absolute atomic E-state index is 11.9. The minimum atomic E-state index is -0.865. The van der Waals surface area contributed by atoms with Gasteiger partial charge in [0, 0.05) is 17.8 Å². The lowest BCUT2D eigenvalue weighted by molar-refractivity contribution is -0.141. The predicted octanol–water partition coefficient (Wildman–Crippen LogP) is 1.43. The molecule has 0 amide bonds. The molecular formula is C12H16O4. The fourth-order valence-corrected chi connectivity index (χ4v) is 3.46. The SMILES string of the molecule is CC12CCC(C(=O)C1=O)C2(C)CCC(=O)O. The fraction of sp³-hybridized carbons (Fsp3) is 0.750. The van der Waals surface area contributed by atoms with E-state index in [0.717, 1.165) is 12.8 Å². The number of aliphatic carboxylic acids is 1. The van der Waals surface area contributed by atoms with Crippen molar-refractivity contribution in [1.29, 1.82) is 0 Å². The molecule has 0 aliphatic heterocycles. The first-order valence-electron chi connectivity index (χ1n) is 5.63. The molecule has 2 fully saturated rings. The monoisotopic (exact) mass is 224 g/mol. The average Bonchev–Trinajstić information content (AvgIpc) is 2.54. The number of carbonyl (C=O) groups excluding carboxylic acids is 2. The first-order chi connectivity index (χ1) is 7.33. The summed E-state index contributed by atoms with van der Waals surface area (Å²) in [4.78, 5) is 34.2. The van der Waals surface area contributed by atoms with Gasteiger partial charge in [0.1, 0.15) is 0 Å². The van der Waals surface area contributed by atoms with E-state index >= 15 is 0 Å². The summed E-state index contributed by atoms with van der Waals surface area (Å²) in [5.41, 5.74) is -1.07. The van der Waals surface area contributed by atoms with Crippen LogP contribution in [0.3, 0.4) is 0 Å². The van der Waals surface area contributed by atoms with Gasteiger partial charge in [0.25, 0.3) is 0 Å². The van der Waals surface area contributed by atoms with Gasteiger partial charge in [-0.2, -0.15) is 0 Å². The molecule has 2 aliphatic carbocycles. The van der Waals surface area contributed by atoms with E-state index in [1.165, 1.54) is 0 Å². The Hall–Kier alpha value is -1.19. The molecule has 0 radical (unpaired) electrons. The molecule has 4 heteroatoms. The van der Waals surface area contributed by atoms with Gasteiger partial charge in [-0.3, -0.25) is 14.4 Å². The third-order valence-corrected chi connectivity index (χ3v) is 4.86. The minimum Gasteiger partial charge on any atom is -0.481 e. The van der Waals surface area contributed by atoms with Crippen molar-refractivity contribution in [2.45, 2.75) is 39.5 Å². The van der Waals surface area contributed by atoms with Crippen LogP contribution in [-0.4, -0.2) is 22.6 Å². The highest BCUT2D eigenvalue weighted by Gasteiger charge is 2.68. The maximum Gasteiger partial charge on any atom is 0.303 e. The van der Waals surface area contributed by atoms with Crippen LogP contribution in [0.2, 0.25) is 0 Å². The summed E-state index contributed by atoms with van der Waals surface area (Å²) in [6.45, 7) is 3.72. The summed E-state index contributed by atoms with van der Waals surface area (Å²) >= 11 is 0. The van der Waals surface area contributed by atoms with E-state index in [1.54, 1.807) is 0 Å². The molecule has 0 heterocycles. The second-order valence-electron chi connectivity index (χ2n) is 5.43. The van der Waals surface area contributed by atoms with Gasteiger partial charge in [-0.1, -0.05) is 13.8 Å². The molecule has 88 valence electrons. The van der Waals surface area contributed by atoms with Crippen molar-refractivity contribution >= 4 is 17.5 Å². The summed E-state index contributed by atoms with van der Waals surface area (Å²) in [5.74, 6) is -1.67. The first kappa shape index (κ1) is 11.3. The van der Waals surface area contributed by atoms with Crippen molar-refractivity contribution in [1.82, 2.24) is 0 Å². The average molecular weight is 224 g/mol. The van der Waals surface area contributed by atoms with E-state index in [4.69, 9.17) is 5.11 Å². The zero-order valence-corrected chi connectivity index (χ0v) is 9.58. The number of ketones is 2. The molecule has 3 atom stereocenters. The molecule has 2 aliphatic rings. The number of carboxylic acid groups (broad SMARTS) is 1. The van der Waals surface area contributed by atoms with Crippen molar-refractivity contribution in [3.63, 3.8) is 0 Å². The Morgan fingerprint density at radius 3 is 2.50 bits per heavy atom. The molecule has 0 saturated heterocycles. The topological polar surface area (TPSA) is 71.4 Å². The second-order valence-corrected chi connectivity index (χ2v) is 5.43. The molecule has 0 aromatic heterocycles. The molecule has 4 nitrogen and oxygen atoms in total. The normalized spacial score (nSPS) is 41.8. The van der Waals surface area contributed by atoms with Gasteiger partial charge in [-0.05, 0) is 24.7 Å². The van der Waals surface area contributed by atoms with Crippen molar-refractivity contribution in [2.24, 2.45) is 16.7 Å². The zero-order chi connectivity index (χ0) is 12.1. The molecule has 16 heavy (non-hydrogen) atoms. The molecule has 3 unspecified atom stereocenters. The van der Waals surface area contributed by atoms with Crippen LogP contribution in [0, 0.1) is 16.7 Å². The largest absolute Gasteiger partial charge is 0.481 e. The molecule has 1 N–H and O–H groups in total. The van der Waals surface area contributed by atoms with Crippen molar-refractivity contribution < 1.29 is 19.5 Å². The lowest BCUT2D eigenvalue weighted by Gasteiger charge is -2.35. The summed E-state index contributed by atoms with van der Waals surface area (Å²) in [7, 11) is 0. The van der Waals surface area contributed by atoms with Crippen LogP contribution >= 0.6 is 0 Å². The number of carbonyl (C=O) groups is 3. The quantitative estimate of drug-likeness (QED) is 0.736. The van der Waals surface area contributed by atoms with Gasteiger partial charge < -0.3 is 5.11 Å². The number of hydrogen-bond donors (Lipinski definition) is 1. The highest BCUT2D eigenvalue weighted by molar-refractivity contribution is 6.43. The second kappa shape index (κ2) is 3.15. The maximum atomic E-state index is 11.9. The van der Waals surface area contributed by atoms with Crippen LogP contribution in [0.25, 0.3) is 0 Å². The summed E-state index contributed by atoms with van der Waals surface area (Å²) in [5, 5.41) is 8.73. The van der Waals surface area contributed by atoms with E-state index in [2.05, 4.69) is 0 Å². The van der Waals surface area contributed by atoms with Gasteiger partial charge in [-0.15, -0.1) is 0 Å². The third-order valence-electron chi connectivity index (χ3n) is 4.86. The number of fused-ring (bicyclic) bond motifs is 2. The minimum absolute atomic E-state index is 0.0309. The van der Waals surface area contributed by atoms with Crippen LogP contribution in [-0.2, 0) is 14.4 Å². The molecule has 2 rings (SSSR count). The number of rotatable bonds is 3. The Kier molecular flexibility index (Phi) is 2.23. The van der Waals surface area contributed by atoms with Gasteiger partial charge in [0.15, 0.2) is 0 Å². The Morgan fingerprint density at radius 2 is 2.06 bits per heavy atom. The smallest absolute Gasteiger partial charge is 0.303 e. The standard InChI is InChI=1S/C12H16O4/c1-11(6-4-8(13)14)7-3-5-12(11,2)10(16)9(7)15/h7H,3-6H2,1-2H3,(H,13,14). The fourth-order valence-electron chi connectivity index (χ4n) is 3.46. The third kappa shape index (κ3) is 1.13. The highest BCUT2D eigenvalue weighted by Crippen LogP contribution is 2.64. The van der Waals surface area contributed by atoms with Crippen LogP contribution in [0.4, 0.5) is 0 Å². The highest BCUT2D eigenvalue weighted by atomic mass is 16.4. The Labute approximate surface area is 94.0 Å².